The zero-order valence-electron chi connectivity index (χ0n) is 7.42. The topological polar surface area (TPSA) is 26.3 Å². The van der Waals surface area contributed by atoms with Crippen LogP contribution in [0.4, 0.5) is 0 Å². The van der Waals surface area contributed by atoms with E-state index >= 15 is 0 Å². The van der Waals surface area contributed by atoms with Crippen LogP contribution in [0.15, 0.2) is 24.3 Å². The summed E-state index contributed by atoms with van der Waals surface area (Å²) in [4.78, 5) is 10.9. The van der Waals surface area contributed by atoms with Crippen molar-refractivity contribution >= 4 is 17.4 Å². The molecule has 2 nitrogen and oxygen atoms in total. The molecule has 1 rings (SSSR count). The number of carbonyl (C=O) groups excluding carboxylic acids is 1. The van der Waals surface area contributed by atoms with Gasteiger partial charge in [-0.15, -0.1) is 0 Å². The molecule has 3 heteroatoms. The first-order valence-corrected chi connectivity index (χ1v) is 4.50. The van der Waals surface area contributed by atoms with E-state index in [4.69, 9.17) is 16.3 Å². The van der Waals surface area contributed by atoms with Crippen LogP contribution in [0.5, 0.6) is 5.75 Å². The molecule has 1 aromatic carbocycles. The summed E-state index contributed by atoms with van der Waals surface area (Å²) in [6.45, 7) is 1.95. The summed E-state index contributed by atoms with van der Waals surface area (Å²) in [6.07, 6.45) is 0.508. The fraction of sp³-hybridized carbons (Fsp3) is 0.300. The average Bonchev–Trinajstić information content (AvgIpc) is 2.16. The van der Waals surface area contributed by atoms with Gasteiger partial charge in [0, 0.05) is 11.4 Å². The number of carbonyl (C=O) groups is 1. The van der Waals surface area contributed by atoms with Gasteiger partial charge in [0.2, 0.25) is 0 Å². The van der Waals surface area contributed by atoms with Gasteiger partial charge >= 0.3 is 0 Å². The zero-order valence-corrected chi connectivity index (χ0v) is 8.17. The second-order valence-electron chi connectivity index (χ2n) is 2.63. The standard InChI is InChI=1S/C10H11ClO2/c1-2-9(12)7-13-10-5-3-8(11)4-6-10/h3-6H,2,7H2,1H3. The first-order chi connectivity index (χ1) is 6.22. The predicted octanol–water partition coefficient (Wildman–Crippen LogP) is 2.70. The van der Waals surface area contributed by atoms with Crippen LogP contribution in [0.25, 0.3) is 0 Å². The Balaban J connectivity index is 2.46. The highest BCUT2D eigenvalue weighted by Gasteiger charge is 1.99. The summed E-state index contributed by atoms with van der Waals surface area (Å²) in [7, 11) is 0. The lowest BCUT2D eigenvalue weighted by atomic mass is 10.3. The lowest BCUT2D eigenvalue weighted by Crippen LogP contribution is -2.09. The smallest absolute Gasteiger partial charge is 0.169 e. The maximum absolute atomic E-state index is 10.9. The van der Waals surface area contributed by atoms with Gasteiger partial charge in [-0.2, -0.15) is 0 Å². The Bertz CT molecular complexity index is 279. The molecule has 0 radical (unpaired) electrons. The summed E-state index contributed by atoms with van der Waals surface area (Å²) < 4.78 is 5.21. The van der Waals surface area contributed by atoms with E-state index in [1.807, 2.05) is 6.92 Å². The van der Waals surface area contributed by atoms with E-state index in [0.717, 1.165) is 0 Å². The van der Waals surface area contributed by atoms with Crippen molar-refractivity contribution in [3.8, 4) is 5.75 Å². The third-order valence-electron chi connectivity index (χ3n) is 1.61. The van der Waals surface area contributed by atoms with Crippen molar-refractivity contribution in [3.63, 3.8) is 0 Å². The van der Waals surface area contributed by atoms with Gasteiger partial charge in [-0.25, -0.2) is 0 Å². The highest BCUT2D eigenvalue weighted by atomic mass is 35.5. The van der Waals surface area contributed by atoms with Crippen molar-refractivity contribution in [1.82, 2.24) is 0 Å². The minimum absolute atomic E-state index is 0.0925. The van der Waals surface area contributed by atoms with E-state index in [9.17, 15) is 4.79 Å². The van der Waals surface area contributed by atoms with Crippen molar-refractivity contribution in [2.24, 2.45) is 0 Å². The lowest BCUT2D eigenvalue weighted by Gasteiger charge is -2.03. The Kier molecular flexibility index (Phi) is 3.77. The van der Waals surface area contributed by atoms with Gasteiger partial charge < -0.3 is 4.74 Å². The number of ketones is 1. The first-order valence-electron chi connectivity index (χ1n) is 4.12. The van der Waals surface area contributed by atoms with Crippen LogP contribution in [0.1, 0.15) is 13.3 Å². The maximum Gasteiger partial charge on any atom is 0.169 e. The van der Waals surface area contributed by atoms with Gasteiger partial charge in [-0.1, -0.05) is 18.5 Å². The van der Waals surface area contributed by atoms with Crippen LogP contribution in [0.3, 0.4) is 0 Å². The Morgan fingerprint density at radius 2 is 2.00 bits per heavy atom. The van der Waals surface area contributed by atoms with E-state index < -0.39 is 0 Å². The van der Waals surface area contributed by atoms with Crippen LogP contribution in [0, 0.1) is 0 Å². The van der Waals surface area contributed by atoms with Gasteiger partial charge in [0.25, 0.3) is 0 Å². The third kappa shape index (κ3) is 3.47. The second kappa shape index (κ2) is 4.87. The van der Waals surface area contributed by atoms with Crippen LogP contribution in [0.2, 0.25) is 5.02 Å². The normalized spacial score (nSPS) is 9.69. The quantitative estimate of drug-likeness (QED) is 0.744. The first kappa shape index (κ1) is 10.1. The minimum Gasteiger partial charge on any atom is -0.486 e. The summed E-state index contributed by atoms with van der Waals surface area (Å²) in [5.74, 6) is 0.765. The Morgan fingerprint density at radius 1 is 1.38 bits per heavy atom. The van der Waals surface area contributed by atoms with E-state index in [0.29, 0.717) is 17.2 Å². The number of hydrogen-bond acceptors (Lipinski definition) is 2. The Hall–Kier alpha value is -1.02. The van der Waals surface area contributed by atoms with Crippen molar-refractivity contribution in [3.05, 3.63) is 29.3 Å². The monoisotopic (exact) mass is 198 g/mol. The maximum atomic E-state index is 10.9. The van der Waals surface area contributed by atoms with Crippen LogP contribution < -0.4 is 4.74 Å². The third-order valence-corrected chi connectivity index (χ3v) is 1.86. The molecule has 0 bridgehead atoms. The van der Waals surface area contributed by atoms with Crippen LogP contribution in [-0.2, 0) is 4.79 Å². The van der Waals surface area contributed by atoms with Gasteiger partial charge in [-0.3, -0.25) is 4.79 Å². The fourth-order valence-corrected chi connectivity index (χ4v) is 0.923. The van der Waals surface area contributed by atoms with E-state index in [-0.39, 0.29) is 12.4 Å². The molecule has 0 unspecified atom stereocenters. The molecule has 1 aromatic rings. The summed E-state index contributed by atoms with van der Waals surface area (Å²) in [5, 5.41) is 0.661. The van der Waals surface area contributed by atoms with Gasteiger partial charge in [-0.05, 0) is 24.3 Å². The molecule has 0 aromatic heterocycles. The molecule has 70 valence electrons. The Labute approximate surface area is 82.5 Å². The largest absolute Gasteiger partial charge is 0.486 e. The molecule has 0 fully saturated rings. The van der Waals surface area contributed by atoms with Crippen molar-refractivity contribution < 1.29 is 9.53 Å². The van der Waals surface area contributed by atoms with Crippen molar-refractivity contribution in [2.75, 3.05) is 6.61 Å². The van der Waals surface area contributed by atoms with E-state index in [1.165, 1.54) is 0 Å². The number of ether oxygens (including phenoxy) is 1. The number of rotatable bonds is 4. The zero-order chi connectivity index (χ0) is 9.68. The molecule has 0 saturated carbocycles. The molecular formula is C10H11ClO2. The highest BCUT2D eigenvalue weighted by molar-refractivity contribution is 6.30. The second-order valence-corrected chi connectivity index (χ2v) is 3.07. The van der Waals surface area contributed by atoms with Crippen LogP contribution >= 0.6 is 11.6 Å². The summed E-state index contributed by atoms with van der Waals surface area (Å²) in [6, 6.07) is 6.94. The number of hydrogen-bond donors (Lipinski definition) is 0. The van der Waals surface area contributed by atoms with Gasteiger partial charge in [0.15, 0.2) is 5.78 Å². The SMILES string of the molecule is CCC(=O)COc1ccc(Cl)cc1. The molecule has 0 saturated heterocycles. The Morgan fingerprint density at radius 3 is 2.54 bits per heavy atom. The number of benzene rings is 1. The van der Waals surface area contributed by atoms with Crippen LogP contribution in [-0.4, -0.2) is 12.4 Å². The predicted molar refractivity (Wildman–Crippen MR) is 52.2 cm³/mol. The highest BCUT2D eigenvalue weighted by Crippen LogP contribution is 2.15. The van der Waals surface area contributed by atoms with E-state index in [2.05, 4.69) is 0 Å². The number of Topliss-reactive ketones (excluding diaryl/α,β-unsaturated/α-hetero) is 1. The molecular weight excluding hydrogens is 188 g/mol. The minimum atomic E-state index is 0.0925. The van der Waals surface area contributed by atoms with Gasteiger partial charge in [0.1, 0.15) is 12.4 Å². The summed E-state index contributed by atoms with van der Waals surface area (Å²) >= 11 is 5.68. The number of halogens is 1. The molecule has 0 amide bonds. The molecule has 0 atom stereocenters. The summed E-state index contributed by atoms with van der Waals surface area (Å²) in [5.41, 5.74) is 0. The lowest BCUT2D eigenvalue weighted by molar-refractivity contribution is -0.120. The van der Waals surface area contributed by atoms with Crippen molar-refractivity contribution in [1.29, 1.82) is 0 Å². The molecule has 0 N–H and O–H groups in total. The fourth-order valence-electron chi connectivity index (χ4n) is 0.797. The molecule has 0 spiro atoms. The average molecular weight is 199 g/mol. The molecule has 0 aliphatic rings. The molecule has 0 aliphatic heterocycles. The van der Waals surface area contributed by atoms with Gasteiger partial charge in [0.05, 0.1) is 0 Å². The molecule has 0 aliphatic carbocycles. The molecule has 13 heavy (non-hydrogen) atoms. The van der Waals surface area contributed by atoms with E-state index in [1.54, 1.807) is 24.3 Å². The molecule has 0 heterocycles. The van der Waals surface area contributed by atoms with Crippen molar-refractivity contribution in [2.45, 2.75) is 13.3 Å².